The number of carboxylic acid groups (broad SMARTS) is 1. The number of carbonyl (C=O) groups excluding carboxylic acids is 6. The second kappa shape index (κ2) is 28.4. The van der Waals surface area contributed by atoms with Crippen molar-refractivity contribution in [1.82, 2.24) is 57.2 Å². The normalized spacial score (nSPS) is 19.2. The molecule has 13 N–H and O–H groups in total. The van der Waals surface area contributed by atoms with Crippen LogP contribution in [-0.4, -0.2) is 148 Å². The van der Waals surface area contributed by atoms with Gasteiger partial charge in [0.1, 0.15) is 18.1 Å². The van der Waals surface area contributed by atoms with Crippen LogP contribution >= 0.6 is 0 Å². The largest absolute Gasteiger partial charge is 0.490 e. The monoisotopic (exact) mass is 1010 g/mol. The summed E-state index contributed by atoms with van der Waals surface area (Å²) in [5.41, 5.74) is 23.5. The van der Waals surface area contributed by atoms with E-state index in [1.807, 2.05) is 76.2 Å². The van der Waals surface area contributed by atoms with Crippen LogP contribution in [-0.2, 0) is 46.4 Å². The van der Waals surface area contributed by atoms with E-state index in [0.29, 0.717) is 38.8 Å². The number of benzene rings is 2. The zero-order valence-corrected chi connectivity index (χ0v) is 41.2. The number of rotatable bonds is 16. The van der Waals surface area contributed by atoms with Crippen LogP contribution < -0.4 is 43.7 Å². The number of aromatic amines is 2. The van der Waals surface area contributed by atoms with E-state index in [4.69, 9.17) is 21.4 Å². The first kappa shape index (κ1) is 58.0. The summed E-state index contributed by atoms with van der Waals surface area (Å²) in [7, 11) is 0. The highest BCUT2D eigenvalue weighted by Crippen LogP contribution is 2.21. The van der Waals surface area contributed by atoms with Gasteiger partial charge in [0.2, 0.25) is 17.7 Å². The zero-order valence-electron chi connectivity index (χ0n) is 41.2. The van der Waals surface area contributed by atoms with Crippen molar-refractivity contribution >= 4 is 63.2 Å². The van der Waals surface area contributed by atoms with E-state index >= 15 is 0 Å². The molecule has 3 atom stereocenters. The summed E-state index contributed by atoms with van der Waals surface area (Å²) in [6.07, 6.45) is 1.27. The van der Waals surface area contributed by atoms with Crippen molar-refractivity contribution in [2.24, 2.45) is 23.3 Å². The molecule has 1 fully saturated rings. The third-order valence-corrected chi connectivity index (χ3v) is 11.2. The third-order valence-electron chi connectivity index (χ3n) is 11.2. The number of aliphatic carboxylic acids is 1. The predicted octanol–water partition coefficient (Wildman–Crippen LogP) is 1.72. The summed E-state index contributed by atoms with van der Waals surface area (Å²) in [5, 5.41) is 22.0. The molecular weight excluding hydrogens is 944 g/mol. The number of aromatic nitrogens is 2. The molecule has 3 heterocycles. The standard InChI is InChI=1S/C46H69N13O6.C2HF3O2/c1-30(2)25-58-28-42(61)51-38(17-9-10-18-47)44(63)54-57(20-12-11-19-48)27-41(60)52-39(21-32-23-49-36-15-7-5-13-34(32)36)45(64)56-59(26-31(3)4)29-43(62)53-40(46(65)55-58)22-33-24-50-37-16-8-6-14-35(33)37;3-2(4,5)1(6)7/h5-8,13-16,23-24,30-31,38-40,49-50H,9-12,17-22,25-29,47-48H2,1-4H3,(H,51,61)(H,52,60)(H,53,62)(H,54,63)(H,55,65)(H,56,64);(H,6,7)/t38-,39-,40-;/m0./s1. The summed E-state index contributed by atoms with van der Waals surface area (Å²) in [5.74, 6) is -6.04. The summed E-state index contributed by atoms with van der Waals surface area (Å²) < 4.78 is 31.7. The van der Waals surface area contributed by atoms with Crippen molar-refractivity contribution in [3.8, 4) is 0 Å². The summed E-state index contributed by atoms with van der Waals surface area (Å²) in [4.78, 5) is 100. The lowest BCUT2D eigenvalue weighted by Gasteiger charge is -2.29. The van der Waals surface area contributed by atoms with Crippen molar-refractivity contribution in [2.75, 3.05) is 52.4 Å². The highest BCUT2D eigenvalue weighted by molar-refractivity contribution is 5.93. The highest BCUT2D eigenvalue weighted by atomic mass is 19.4. The van der Waals surface area contributed by atoms with Crippen LogP contribution in [0.25, 0.3) is 21.8 Å². The third kappa shape index (κ3) is 19.2. The number of fused-ring (bicyclic) bond motifs is 2. The maximum atomic E-state index is 14.4. The average Bonchev–Trinajstić information content (AvgIpc) is 3.91. The molecule has 0 saturated carbocycles. The Hall–Kier alpha value is -6.60. The van der Waals surface area contributed by atoms with Crippen molar-refractivity contribution < 1.29 is 51.8 Å². The van der Waals surface area contributed by atoms with Gasteiger partial charge in [0, 0.05) is 66.7 Å². The summed E-state index contributed by atoms with van der Waals surface area (Å²) in [6, 6.07) is 12.0. The molecule has 6 amide bonds. The number of carbonyl (C=O) groups is 7. The Labute approximate surface area is 416 Å². The summed E-state index contributed by atoms with van der Waals surface area (Å²) >= 11 is 0. The molecular formula is C48H70F3N13O8. The number of alkyl halides is 3. The molecule has 24 heteroatoms. The van der Waals surface area contributed by atoms with Gasteiger partial charge in [0.25, 0.3) is 17.7 Å². The van der Waals surface area contributed by atoms with Crippen molar-refractivity contribution in [2.45, 2.75) is 96.9 Å². The molecule has 5 rings (SSSR count). The Kier molecular flexibility index (Phi) is 22.9. The SMILES string of the molecule is CC(C)CN1CC(=O)N[C@@H](Cc2c[nH]c3ccccc23)C(=O)NN(CC(C)C)CC(=O)N[C@@H](CCCCN)C(=O)NN(CCCCN)CC(=O)N[C@@H](Cc2c[nH]c3ccccc23)C(=O)N1.O=C(O)C(F)(F)F. The van der Waals surface area contributed by atoms with Gasteiger partial charge in [0.05, 0.1) is 19.6 Å². The Morgan fingerprint density at radius 1 is 0.611 bits per heavy atom. The molecule has 396 valence electrons. The first-order chi connectivity index (χ1) is 34.2. The van der Waals surface area contributed by atoms with E-state index < -0.39 is 65.7 Å². The minimum absolute atomic E-state index is 0.00380. The molecule has 72 heavy (non-hydrogen) atoms. The van der Waals surface area contributed by atoms with Crippen LogP contribution in [0.2, 0.25) is 0 Å². The quantitative estimate of drug-likeness (QED) is 0.0714. The van der Waals surface area contributed by atoms with E-state index in [-0.39, 0.29) is 70.4 Å². The Balaban J connectivity index is 0.00000149. The van der Waals surface area contributed by atoms with Crippen molar-refractivity contribution in [3.05, 3.63) is 72.1 Å². The van der Waals surface area contributed by atoms with Gasteiger partial charge in [-0.05, 0) is 80.3 Å². The van der Waals surface area contributed by atoms with Gasteiger partial charge in [-0.3, -0.25) is 45.0 Å². The number of unbranched alkanes of at least 4 members (excludes halogenated alkanes) is 2. The lowest BCUT2D eigenvalue weighted by molar-refractivity contribution is -0.192. The number of para-hydroxylation sites is 2. The maximum Gasteiger partial charge on any atom is 0.490 e. The van der Waals surface area contributed by atoms with E-state index in [2.05, 4.69) is 42.2 Å². The molecule has 4 aromatic rings. The molecule has 0 radical (unpaired) electrons. The molecule has 1 saturated heterocycles. The van der Waals surface area contributed by atoms with Gasteiger partial charge >= 0.3 is 12.1 Å². The Morgan fingerprint density at radius 2 is 0.986 bits per heavy atom. The number of hydrazine groups is 3. The first-order valence-corrected chi connectivity index (χ1v) is 24.0. The van der Waals surface area contributed by atoms with Crippen LogP contribution in [0.3, 0.4) is 0 Å². The second-order valence-corrected chi connectivity index (χ2v) is 18.5. The van der Waals surface area contributed by atoms with Crippen LogP contribution in [0.5, 0.6) is 0 Å². The number of amides is 6. The second-order valence-electron chi connectivity index (χ2n) is 18.5. The fraction of sp³-hybridized carbons (Fsp3) is 0.521. The molecule has 2 aromatic heterocycles. The fourth-order valence-corrected chi connectivity index (χ4v) is 7.96. The topological polar surface area (TPSA) is 305 Å². The van der Waals surface area contributed by atoms with Crippen molar-refractivity contribution in [3.63, 3.8) is 0 Å². The Morgan fingerprint density at radius 3 is 1.40 bits per heavy atom. The van der Waals surface area contributed by atoms with Gasteiger partial charge in [-0.1, -0.05) is 64.1 Å². The minimum Gasteiger partial charge on any atom is -0.475 e. The molecule has 21 nitrogen and oxygen atoms in total. The molecule has 0 aliphatic carbocycles. The molecule has 0 unspecified atom stereocenters. The van der Waals surface area contributed by atoms with Crippen LogP contribution in [0, 0.1) is 11.8 Å². The van der Waals surface area contributed by atoms with E-state index in [1.54, 1.807) is 12.4 Å². The Bertz CT molecular complexity index is 2430. The smallest absolute Gasteiger partial charge is 0.475 e. The molecule has 1 aliphatic rings. The zero-order chi connectivity index (χ0) is 53.0. The number of nitrogens with one attached hydrogen (secondary N) is 8. The minimum atomic E-state index is -5.08. The summed E-state index contributed by atoms with van der Waals surface area (Å²) in [6.45, 7) is 8.41. The lowest BCUT2D eigenvalue weighted by Crippen LogP contribution is -2.59. The van der Waals surface area contributed by atoms with E-state index in [1.165, 1.54) is 15.0 Å². The van der Waals surface area contributed by atoms with Gasteiger partial charge < -0.3 is 42.5 Å². The van der Waals surface area contributed by atoms with Crippen molar-refractivity contribution in [1.29, 1.82) is 0 Å². The molecule has 0 spiro atoms. The van der Waals surface area contributed by atoms with Gasteiger partial charge in [-0.25, -0.2) is 19.8 Å². The van der Waals surface area contributed by atoms with Gasteiger partial charge in [-0.2, -0.15) is 13.2 Å². The number of nitrogens with two attached hydrogens (primary N) is 2. The fourth-order valence-electron chi connectivity index (χ4n) is 7.96. The van der Waals surface area contributed by atoms with Crippen LogP contribution in [0.4, 0.5) is 13.2 Å². The number of hydrogen-bond acceptors (Lipinski definition) is 12. The van der Waals surface area contributed by atoms with Crippen LogP contribution in [0.1, 0.15) is 70.9 Å². The van der Waals surface area contributed by atoms with Gasteiger partial charge in [-0.15, -0.1) is 0 Å². The van der Waals surface area contributed by atoms with Gasteiger partial charge in [0.15, 0.2) is 0 Å². The number of carboxylic acids is 1. The predicted molar refractivity (Wildman–Crippen MR) is 264 cm³/mol. The van der Waals surface area contributed by atoms with E-state index in [0.717, 1.165) is 32.9 Å². The number of hydrogen-bond donors (Lipinski definition) is 11. The highest BCUT2D eigenvalue weighted by Gasteiger charge is 2.38. The molecule has 2 aromatic carbocycles. The van der Waals surface area contributed by atoms with E-state index in [9.17, 15) is 41.9 Å². The number of H-pyrrole nitrogens is 2. The first-order valence-electron chi connectivity index (χ1n) is 24.0. The molecule has 1 aliphatic heterocycles. The number of halogens is 3. The lowest BCUT2D eigenvalue weighted by atomic mass is 10.0. The maximum absolute atomic E-state index is 14.4. The number of nitrogens with zero attached hydrogens (tertiary/aromatic N) is 3. The average molecular weight is 1010 g/mol. The van der Waals surface area contributed by atoms with Crippen LogP contribution in [0.15, 0.2) is 60.9 Å². The molecule has 0 bridgehead atoms.